The molecule has 2 heterocycles. The molecule has 0 bridgehead atoms. The minimum atomic E-state index is 0.101. The lowest BCUT2D eigenvalue weighted by Crippen LogP contribution is -2.38. The monoisotopic (exact) mass is 253 g/mol. The van der Waals surface area contributed by atoms with Crippen molar-refractivity contribution in [3.63, 3.8) is 0 Å². The van der Waals surface area contributed by atoms with Crippen molar-refractivity contribution in [2.24, 2.45) is 0 Å². The summed E-state index contributed by atoms with van der Waals surface area (Å²) in [6.45, 7) is 3.24. The molecule has 1 saturated heterocycles. The lowest BCUT2D eigenvalue weighted by atomic mass is 10.3. The topological polar surface area (TPSA) is 56.7 Å². The second-order valence-electron chi connectivity index (χ2n) is 4.25. The molecule has 0 saturated carbocycles. The Kier molecular flexibility index (Phi) is 4.86. The highest BCUT2D eigenvalue weighted by molar-refractivity contribution is 5.37. The van der Waals surface area contributed by atoms with Gasteiger partial charge in [-0.25, -0.2) is 9.97 Å². The van der Waals surface area contributed by atoms with Gasteiger partial charge in [0, 0.05) is 26.8 Å². The quantitative estimate of drug-likeness (QED) is 0.760. The predicted molar refractivity (Wildman–Crippen MR) is 66.6 cm³/mol. The Hall–Kier alpha value is -1.24. The third kappa shape index (κ3) is 3.63. The molecule has 0 aliphatic carbocycles. The van der Waals surface area contributed by atoms with Crippen LogP contribution in [0.15, 0.2) is 12.4 Å². The maximum absolute atomic E-state index is 5.61. The van der Waals surface area contributed by atoms with E-state index >= 15 is 0 Å². The number of likely N-dealkylation sites (N-methyl/N-ethyl adjacent to an activating group) is 1. The molecule has 0 amide bonds. The largest absolute Gasteiger partial charge is 0.378 e. The normalized spacial score (nSPS) is 19.8. The summed E-state index contributed by atoms with van der Waals surface area (Å²) in [5.41, 5.74) is 0.871. The average molecular weight is 253 g/mol. The first kappa shape index (κ1) is 13.2. The van der Waals surface area contributed by atoms with Gasteiger partial charge in [0.2, 0.25) is 0 Å². The molecule has 2 rings (SSSR count). The van der Waals surface area contributed by atoms with Crippen molar-refractivity contribution in [1.29, 1.82) is 0 Å². The van der Waals surface area contributed by atoms with E-state index in [4.69, 9.17) is 14.2 Å². The van der Waals surface area contributed by atoms with E-state index in [2.05, 4.69) is 9.97 Å². The smallest absolute Gasteiger partial charge is 0.132 e. The zero-order valence-electron chi connectivity index (χ0n) is 10.8. The van der Waals surface area contributed by atoms with Crippen LogP contribution in [0, 0.1) is 0 Å². The molecule has 0 N–H and O–H groups in total. The molecule has 1 aliphatic rings. The zero-order valence-corrected chi connectivity index (χ0v) is 10.8. The summed E-state index contributed by atoms with van der Waals surface area (Å²) in [7, 11) is 3.63. The first-order valence-corrected chi connectivity index (χ1v) is 6.00. The second kappa shape index (κ2) is 6.63. The summed E-state index contributed by atoms with van der Waals surface area (Å²) in [6.07, 6.45) is 1.66. The van der Waals surface area contributed by atoms with Crippen LogP contribution in [0.2, 0.25) is 0 Å². The van der Waals surface area contributed by atoms with E-state index in [-0.39, 0.29) is 6.10 Å². The summed E-state index contributed by atoms with van der Waals surface area (Å²) in [5, 5.41) is 0. The van der Waals surface area contributed by atoms with Crippen molar-refractivity contribution in [3.8, 4) is 0 Å². The van der Waals surface area contributed by atoms with Gasteiger partial charge in [-0.2, -0.15) is 0 Å². The summed E-state index contributed by atoms with van der Waals surface area (Å²) < 4.78 is 16.0. The van der Waals surface area contributed by atoms with Gasteiger partial charge in [0.25, 0.3) is 0 Å². The lowest BCUT2D eigenvalue weighted by molar-refractivity contribution is -0.0837. The predicted octanol–water partition coefficient (Wildman–Crippen LogP) is 0.475. The number of anilines is 1. The van der Waals surface area contributed by atoms with Gasteiger partial charge in [-0.05, 0) is 0 Å². The van der Waals surface area contributed by atoms with Crippen LogP contribution in [0.25, 0.3) is 0 Å². The van der Waals surface area contributed by atoms with Gasteiger partial charge in [-0.15, -0.1) is 0 Å². The molecule has 18 heavy (non-hydrogen) atoms. The molecule has 0 unspecified atom stereocenters. The standard InChI is InChI=1S/C12H19N3O3/c1-15(6-11-8-17-3-4-18-11)12-5-10(7-16-2)13-9-14-12/h5,9,11H,3-4,6-8H2,1-2H3/t11-/m1/s1. The van der Waals surface area contributed by atoms with Crippen LogP contribution >= 0.6 is 0 Å². The Labute approximate surface area is 107 Å². The Morgan fingerprint density at radius 2 is 2.33 bits per heavy atom. The SMILES string of the molecule is COCc1cc(N(C)C[C@@H]2COCCO2)ncn1. The number of nitrogens with zero attached hydrogens (tertiary/aromatic N) is 3. The van der Waals surface area contributed by atoms with Gasteiger partial charge < -0.3 is 19.1 Å². The molecule has 0 radical (unpaired) electrons. The second-order valence-corrected chi connectivity index (χ2v) is 4.25. The highest BCUT2D eigenvalue weighted by atomic mass is 16.6. The minimum absolute atomic E-state index is 0.101. The van der Waals surface area contributed by atoms with Gasteiger partial charge >= 0.3 is 0 Å². The molecule has 1 aromatic heterocycles. The molecule has 0 spiro atoms. The van der Waals surface area contributed by atoms with Crippen molar-refractivity contribution in [1.82, 2.24) is 9.97 Å². The summed E-state index contributed by atoms with van der Waals surface area (Å²) >= 11 is 0. The highest BCUT2D eigenvalue weighted by Crippen LogP contribution is 2.12. The molecule has 1 aromatic rings. The molecule has 6 heteroatoms. The van der Waals surface area contributed by atoms with E-state index in [1.165, 1.54) is 0 Å². The van der Waals surface area contributed by atoms with Crippen LogP contribution in [0.5, 0.6) is 0 Å². The average Bonchev–Trinajstić information content (AvgIpc) is 2.40. The van der Waals surface area contributed by atoms with Crippen LogP contribution in [-0.4, -0.2) is 56.6 Å². The minimum Gasteiger partial charge on any atom is -0.378 e. The van der Waals surface area contributed by atoms with E-state index in [0.717, 1.165) is 18.1 Å². The van der Waals surface area contributed by atoms with Crippen molar-refractivity contribution >= 4 is 5.82 Å². The zero-order chi connectivity index (χ0) is 12.8. The molecule has 6 nitrogen and oxygen atoms in total. The van der Waals surface area contributed by atoms with E-state index in [1.54, 1.807) is 13.4 Å². The molecular formula is C12H19N3O3. The number of hydrogen-bond donors (Lipinski definition) is 0. The number of rotatable bonds is 5. The fourth-order valence-electron chi connectivity index (χ4n) is 1.86. The van der Waals surface area contributed by atoms with Crippen LogP contribution < -0.4 is 4.90 Å². The molecule has 1 fully saturated rings. The maximum atomic E-state index is 5.61. The van der Waals surface area contributed by atoms with Crippen LogP contribution in [0.1, 0.15) is 5.69 Å². The number of methoxy groups -OCH3 is 1. The van der Waals surface area contributed by atoms with E-state index in [9.17, 15) is 0 Å². The Balaban J connectivity index is 1.94. The molecular weight excluding hydrogens is 234 g/mol. The number of ether oxygens (including phenoxy) is 3. The van der Waals surface area contributed by atoms with E-state index in [1.807, 2.05) is 18.0 Å². The van der Waals surface area contributed by atoms with Crippen molar-refractivity contribution in [3.05, 3.63) is 18.1 Å². The van der Waals surface area contributed by atoms with E-state index < -0.39 is 0 Å². The number of aromatic nitrogens is 2. The first-order valence-electron chi connectivity index (χ1n) is 6.00. The molecule has 1 atom stereocenters. The van der Waals surface area contributed by atoms with Crippen molar-refractivity contribution < 1.29 is 14.2 Å². The van der Waals surface area contributed by atoms with Gasteiger partial charge in [-0.3, -0.25) is 0 Å². The van der Waals surface area contributed by atoms with Crippen LogP contribution in [-0.2, 0) is 20.8 Å². The van der Waals surface area contributed by atoms with Crippen molar-refractivity contribution in [2.75, 3.05) is 45.4 Å². The Bertz CT molecular complexity index is 369. The van der Waals surface area contributed by atoms with Gasteiger partial charge in [-0.1, -0.05) is 0 Å². The molecule has 0 aromatic carbocycles. The third-order valence-corrected chi connectivity index (χ3v) is 2.76. The first-order chi connectivity index (χ1) is 8.79. The Morgan fingerprint density at radius 1 is 1.44 bits per heavy atom. The van der Waals surface area contributed by atoms with Gasteiger partial charge in [0.1, 0.15) is 12.1 Å². The summed E-state index contributed by atoms with van der Waals surface area (Å²) in [5.74, 6) is 0.867. The van der Waals surface area contributed by atoms with Gasteiger partial charge in [0.05, 0.1) is 38.2 Å². The fraction of sp³-hybridized carbons (Fsp3) is 0.667. The third-order valence-electron chi connectivity index (χ3n) is 2.76. The lowest BCUT2D eigenvalue weighted by Gasteiger charge is -2.28. The molecule has 100 valence electrons. The fourth-order valence-corrected chi connectivity index (χ4v) is 1.86. The summed E-state index contributed by atoms with van der Waals surface area (Å²) in [6, 6.07) is 1.92. The summed E-state index contributed by atoms with van der Waals surface area (Å²) in [4.78, 5) is 10.4. The van der Waals surface area contributed by atoms with E-state index in [0.29, 0.717) is 26.4 Å². The maximum Gasteiger partial charge on any atom is 0.132 e. The van der Waals surface area contributed by atoms with Gasteiger partial charge in [0.15, 0.2) is 0 Å². The highest BCUT2D eigenvalue weighted by Gasteiger charge is 2.17. The van der Waals surface area contributed by atoms with Crippen LogP contribution in [0.4, 0.5) is 5.82 Å². The Morgan fingerprint density at radius 3 is 3.06 bits per heavy atom. The molecule has 1 aliphatic heterocycles. The van der Waals surface area contributed by atoms with Crippen LogP contribution in [0.3, 0.4) is 0 Å². The van der Waals surface area contributed by atoms with Crippen molar-refractivity contribution in [2.45, 2.75) is 12.7 Å². The number of hydrogen-bond acceptors (Lipinski definition) is 6.